The van der Waals surface area contributed by atoms with E-state index in [0.29, 0.717) is 30.7 Å². The molecule has 3 heterocycles. The molecular weight excluding hydrogens is 480 g/mol. The summed E-state index contributed by atoms with van der Waals surface area (Å²) < 4.78 is 9.52. The van der Waals surface area contributed by atoms with E-state index in [1.54, 1.807) is 60.2 Å². The number of anilines is 1. The summed E-state index contributed by atoms with van der Waals surface area (Å²) in [4.78, 5) is 44.4. The SMILES string of the molecule is C=CCCOC(=O)[C@H]1[C@H]2C(=O)N(CCO)C(C(=O)N(CC=C)c3ccc(OC)cc3)C23CC[C@]1(C)S3. The van der Waals surface area contributed by atoms with Crippen molar-refractivity contribution in [3.8, 4) is 5.75 Å². The van der Waals surface area contributed by atoms with Gasteiger partial charge in [-0.3, -0.25) is 14.4 Å². The fourth-order valence-electron chi connectivity index (χ4n) is 6.11. The van der Waals surface area contributed by atoms with Gasteiger partial charge in [0.25, 0.3) is 5.91 Å². The molecule has 1 spiro atoms. The Morgan fingerprint density at radius 3 is 2.58 bits per heavy atom. The first kappa shape index (κ1) is 26.3. The number of hydrogen-bond acceptors (Lipinski definition) is 7. The normalized spacial score (nSPS) is 30.1. The number of carbonyl (C=O) groups excluding carboxylic acids is 3. The Bertz CT molecular complexity index is 1050. The molecule has 0 saturated carbocycles. The lowest BCUT2D eigenvalue weighted by atomic mass is 9.66. The zero-order valence-electron chi connectivity index (χ0n) is 20.9. The molecule has 9 heteroatoms. The van der Waals surface area contributed by atoms with E-state index in [-0.39, 0.29) is 38.1 Å². The van der Waals surface area contributed by atoms with Gasteiger partial charge in [0, 0.05) is 23.5 Å². The number of amides is 2. The van der Waals surface area contributed by atoms with Crippen molar-refractivity contribution in [1.82, 2.24) is 4.90 Å². The van der Waals surface area contributed by atoms with Crippen LogP contribution >= 0.6 is 11.8 Å². The maximum absolute atomic E-state index is 14.3. The molecule has 2 unspecified atom stereocenters. The first-order valence-electron chi connectivity index (χ1n) is 12.2. The zero-order valence-corrected chi connectivity index (χ0v) is 21.7. The van der Waals surface area contributed by atoms with Crippen molar-refractivity contribution in [2.75, 3.05) is 38.3 Å². The second-order valence-corrected chi connectivity index (χ2v) is 11.6. The highest BCUT2D eigenvalue weighted by molar-refractivity contribution is 8.02. The maximum atomic E-state index is 14.3. The van der Waals surface area contributed by atoms with Crippen LogP contribution in [0.15, 0.2) is 49.6 Å². The maximum Gasteiger partial charge on any atom is 0.311 e. The van der Waals surface area contributed by atoms with Gasteiger partial charge >= 0.3 is 5.97 Å². The van der Waals surface area contributed by atoms with E-state index in [4.69, 9.17) is 9.47 Å². The third-order valence-corrected chi connectivity index (χ3v) is 9.62. The molecule has 3 fully saturated rings. The van der Waals surface area contributed by atoms with Gasteiger partial charge in [-0.25, -0.2) is 0 Å². The smallest absolute Gasteiger partial charge is 0.311 e. The molecule has 1 aromatic carbocycles. The number of aliphatic hydroxyl groups is 1. The fraction of sp³-hybridized carbons (Fsp3) is 0.519. The van der Waals surface area contributed by atoms with Crippen molar-refractivity contribution < 1.29 is 29.0 Å². The Balaban J connectivity index is 1.73. The highest BCUT2D eigenvalue weighted by Crippen LogP contribution is 2.71. The molecule has 3 aliphatic rings. The molecule has 4 rings (SSSR count). The molecule has 0 aromatic heterocycles. The van der Waals surface area contributed by atoms with Crippen LogP contribution in [-0.2, 0) is 19.1 Å². The molecule has 194 valence electrons. The van der Waals surface area contributed by atoms with Crippen LogP contribution in [0.2, 0.25) is 0 Å². The van der Waals surface area contributed by atoms with Crippen LogP contribution in [-0.4, -0.2) is 76.7 Å². The molecule has 3 saturated heterocycles. The van der Waals surface area contributed by atoms with Gasteiger partial charge in [-0.1, -0.05) is 12.2 Å². The number of likely N-dealkylation sites (tertiary alicyclic amines) is 1. The molecule has 1 aromatic rings. The summed E-state index contributed by atoms with van der Waals surface area (Å²) in [6.45, 7) is 9.68. The fourth-order valence-corrected chi connectivity index (χ4v) is 8.44. The predicted molar refractivity (Wildman–Crippen MR) is 139 cm³/mol. The summed E-state index contributed by atoms with van der Waals surface area (Å²) in [6, 6.07) is 6.32. The van der Waals surface area contributed by atoms with Crippen LogP contribution in [0.25, 0.3) is 0 Å². The number of thioether (sulfide) groups is 1. The number of ether oxygens (including phenoxy) is 2. The number of hydrogen-bond donors (Lipinski definition) is 1. The van der Waals surface area contributed by atoms with Crippen molar-refractivity contribution in [1.29, 1.82) is 0 Å². The van der Waals surface area contributed by atoms with Gasteiger partial charge < -0.3 is 24.4 Å². The van der Waals surface area contributed by atoms with Crippen molar-refractivity contribution in [3.63, 3.8) is 0 Å². The van der Waals surface area contributed by atoms with Gasteiger partial charge in [-0.2, -0.15) is 0 Å². The van der Waals surface area contributed by atoms with Crippen LogP contribution in [0.1, 0.15) is 26.2 Å². The van der Waals surface area contributed by atoms with Gasteiger partial charge in [0.15, 0.2) is 0 Å². The third-order valence-electron chi connectivity index (χ3n) is 7.63. The van der Waals surface area contributed by atoms with E-state index in [2.05, 4.69) is 13.2 Å². The quantitative estimate of drug-likeness (QED) is 0.276. The second-order valence-electron chi connectivity index (χ2n) is 9.66. The number of esters is 1. The molecule has 5 atom stereocenters. The van der Waals surface area contributed by atoms with Crippen LogP contribution in [0.5, 0.6) is 5.75 Å². The van der Waals surface area contributed by atoms with Gasteiger partial charge in [-0.15, -0.1) is 24.9 Å². The van der Waals surface area contributed by atoms with Crippen molar-refractivity contribution in [2.24, 2.45) is 11.8 Å². The molecule has 8 nitrogen and oxygen atoms in total. The lowest BCUT2D eigenvalue weighted by molar-refractivity contribution is -0.155. The minimum absolute atomic E-state index is 0.0214. The Morgan fingerprint density at radius 2 is 1.97 bits per heavy atom. The lowest BCUT2D eigenvalue weighted by Gasteiger charge is -2.37. The van der Waals surface area contributed by atoms with Crippen molar-refractivity contribution in [3.05, 3.63) is 49.6 Å². The predicted octanol–water partition coefficient (Wildman–Crippen LogP) is 2.81. The van der Waals surface area contributed by atoms with Gasteiger partial charge in [0.1, 0.15) is 11.8 Å². The van der Waals surface area contributed by atoms with Gasteiger partial charge in [0.05, 0.1) is 36.9 Å². The Kier molecular flexibility index (Phi) is 7.52. The first-order chi connectivity index (χ1) is 17.3. The number of methoxy groups -OCH3 is 1. The Hall–Kier alpha value is -2.78. The summed E-state index contributed by atoms with van der Waals surface area (Å²) in [7, 11) is 1.57. The molecular formula is C27H34N2O6S. The first-order valence-corrected chi connectivity index (χ1v) is 13.0. The third kappa shape index (κ3) is 4.12. The van der Waals surface area contributed by atoms with Crippen LogP contribution in [0.3, 0.4) is 0 Å². The summed E-state index contributed by atoms with van der Waals surface area (Å²) in [5, 5.41) is 9.80. The minimum atomic E-state index is -0.818. The summed E-state index contributed by atoms with van der Waals surface area (Å²) in [5.74, 6) is -1.58. The molecule has 0 aliphatic carbocycles. The number of rotatable bonds is 11. The van der Waals surface area contributed by atoms with E-state index in [1.165, 1.54) is 4.90 Å². The van der Waals surface area contributed by atoms with Crippen molar-refractivity contribution >= 4 is 35.2 Å². The van der Waals surface area contributed by atoms with E-state index < -0.39 is 33.3 Å². The van der Waals surface area contributed by atoms with Crippen LogP contribution < -0.4 is 9.64 Å². The summed E-state index contributed by atoms with van der Waals surface area (Å²) in [5.41, 5.74) is 0.654. The average Bonchev–Trinajstić information content (AvgIpc) is 3.43. The molecule has 2 amide bonds. The molecule has 1 N–H and O–H groups in total. The minimum Gasteiger partial charge on any atom is -0.497 e. The zero-order chi connectivity index (χ0) is 26.1. The second kappa shape index (κ2) is 10.3. The number of nitrogens with zero attached hydrogens (tertiary/aromatic N) is 2. The summed E-state index contributed by atoms with van der Waals surface area (Å²) in [6.07, 6.45) is 5.18. The Morgan fingerprint density at radius 1 is 1.25 bits per heavy atom. The van der Waals surface area contributed by atoms with E-state index in [9.17, 15) is 19.5 Å². The number of carbonyl (C=O) groups is 3. The molecule has 3 aliphatic heterocycles. The largest absolute Gasteiger partial charge is 0.497 e. The number of fused-ring (bicyclic) bond motifs is 1. The number of aliphatic hydroxyl groups excluding tert-OH is 1. The molecule has 0 radical (unpaired) electrons. The van der Waals surface area contributed by atoms with E-state index in [0.717, 1.165) is 0 Å². The average molecular weight is 515 g/mol. The topological polar surface area (TPSA) is 96.4 Å². The highest BCUT2D eigenvalue weighted by Gasteiger charge is 2.77. The number of β-amino-alcohol motifs (C(OH)–C–C–N with tert-alkyl or cyclic N) is 1. The van der Waals surface area contributed by atoms with Crippen LogP contribution in [0, 0.1) is 11.8 Å². The highest BCUT2D eigenvalue weighted by atomic mass is 32.2. The van der Waals surface area contributed by atoms with Crippen molar-refractivity contribution in [2.45, 2.75) is 41.7 Å². The van der Waals surface area contributed by atoms with E-state index >= 15 is 0 Å². The van der Waals surface area contributed by atoms with Gasteiger partial charge in [-0.05, 0) is 50.5 Å². The Labute approximate surface area is 216 Å². The monoisotopic (exact) mass is 514 g/mol. The van der Waals surface area contributed by atoms with Crippen LogP contribution in [0.4, 0.5) is 5.69 Å². The summed E-state index contributed by atoms with van der Waals surface area (Å²) >= 11 is 1.58. The van der Waals surface area contributed by atoms with E-state index in [1.807, 2.05) is 6.92 Å². The number of benzene rings is 1. The standard InChI is InChI=1S/C27H34N2O6S/c1-5-7-17-35-25(33)21-20-23(31)29(15-16-30)22(27(20)13-12-26(21,3)36-27)24(32)28(14-6-2)18-8-10-19(34-4)11-9-18/h5-6,8-11,20-22,30H,1-2,7,12-17H2,3-4H3/t20-,21+,22?,26-,27?/m0/s1. The molecule has 36 heavy (non-hydrogen) atoms. The van der Waals surface area contributed by atoms with Gasteiger partial charge in [0.2, 0.25) is 5.91 Å². The lowest BCUT2D eigenvalue weighted by Crippen LogP contribution is -2.55. The molecule has 2 bridgehead atoms.